The van der Waals surface area contributed by atoms with Crippen molar-refractivity contribution in [3.63, 3.8) is 0 Å². The standard InChI is InChI=1S/C17H20O6/c1-5(18)23-4-17-12-6-7(12)9-11(16(20)22-3)10(15(19)21-2)8(6)13(17)14(9)17/h6-14H,4H2,1-3H3/t6-,7+,8-,9-,10+,11-,12?,13-,14+,17?/m1/s1. The Kier molecular flexibility index (Phi) is 2.34. The van der Waals surface area contributed by atoms with Crippen LogP contribution < -0.4 is 0 Å². The van der Waals surface area contributed by atoms with Crippen LogP contribution in [0.15, 0.2) is 0 Å². The van der Waals surface area contributed by atoms with Crippen LogP contribution in [0.2, 0.25) is 0 Å². The molecule has 6 nitrogen and oxygen atoms in total. The molecule has 6 fully saturated rings. The summed E-state index contributed by atoms with van der Waals surface area (Å²) in [5.74, 6) is 1.18. The molecule has 0 spiro atoms. The summed E-state index contributed by atoms with van der Waals surface area (Å²) < 4.78 is 15.4. The van der Waals surface area contributed by atoms with Gasteiger partial charge in [0.25, 0.3) is 0 Å². The molecule has 0 amide bonds. The molecule has 6 aliphatic rings. The van der Waals surface area contributed by atoms with Crippen LogP contribution in [-0.2, 0) is 28.6 Å². The van der Waals surface area contributed by atoms with Gasteiger partial charge in [-0.3, -0.25) is 14.4 Å². The van der Waals surface area contributed by atoms with Crippen molar-refractivity contribution in [3.05, 3.63) is 0 Å². The maximum Gasteiger partial charge on any atom is 0.309 e. The zero-order chi connectivity index (χ0) is 16.3. The summed E-state index contributed by atoms with van der Waals surface area (Å²) in [4.78, 5) is 36.0. The van der Waals surface area contributed by atoms with E-state index in [4.69, 9.17) is 14.2 Å². The first-order valence-electron chi connectivity index (χ1n) is 8.29. The molecule has 0 aromatic carbocycles. The summed E-state index contributed by atoms with van der Waals surface area (Å²) in [7, 11) is 2.77. The van der Waals surface area contributed by atoms with Gasteiger partial charge in [0.2, 0.25) is 0 Å². The number of fused-ring (bicyclic) bond motifs is 1. The van der Waals surface area contributed by atoms with Gasteiger partial charge in [0.15, 0.2) is 0 Å². The Bertz CT molecular complexity index is 599. The van der Waals surface area contributed by atoms with E-state index < -0.39 is 0 Å². The number of methoxy groups -OCH3 is 2. The maximum absolute atomic E-state index is 12.4. The van der Waals surface area contributed by atoms with Gasteiger partial charge in [-0.2, -0.15) is 0 Å². The molecule has 0 N–H and O–H groups in total. The lowest BCUT2D eigenvalue weighted by atomic mass is 9.58. The van der Waals surface area contributed by atoms with Crippen LogP contribution in [0.4, 0.5) is 0 Å². The number of rotatable bonds is 4. The second-order valence-corrected chi connectivity index (χ2v) is 7.88. The molecule has 23 heavy (non-hydrogen) atoms. The topological polar surface area (TPSA) is 78.9 Å². The molecular weight excluding hydrogens is 300 g/mol. The maximum atomic E-state index is 12.4. The minimum atomic E-state index is -0.383. The quantitative estimate of drug-likeness (QED) is 0.554. The molecule has 0 saturated heterocycles. The van der Waals surface area contributed by atoms with Gasteiger partial charge in [-0.25, -0.2) is 0 Å². The Morgan fingerprint density at radius 2 is 1.30 bits per heavy atom. The van der Waals surface area contributed by atoms with Gasteiger partial charge in [-0.1, -0.05) is 0 Å². The summed E-state index contributed by atoms with van der Waals surface area (Å²) in [6.45, 7) is 1.88. The monoisotopic (exact) mass is 320 g/mol. The molecule has 0 aromatic heterocycles. The predicted molar refractivity (Wildman–Crippen MR) is 74.5 cm³/mol. The van der Waals surface area contributed by atoms with Crippen LogP contribution in [0.3, 0.4) is 0 Å². The molecule has 0 heterocycles. The van der Waals surface area contributed by atoms with Crippen molar-refractivity contribution in [2.24, 2.45) is 58.7 Å². The largest absolute Gasteiger partial charge is 0.469 e. The molecule has 10 atom stereocenters. The molecule has 6 heteroatoms. The van der Waals surface area contributed by atoms with Gasteiger partial charge in [0.05, 0.1) is 32.7 Å². The minimum absolute atomic E-state index is 0.0331. The summed E-state index contributed by atoms with van der Waals surface area (Å²) in [5, 5.41) is 0. The highest BCUT2D eigenvalue weighted by Gasteiger charge is 2.98. The Morgan fingerprint density at radius 1 is 0.826 bits per heavy atom. The van der Waals surface area contributed by atoms with Crippen molar-refractivity contribution in [1.29, 1.82) is 0 Å². The number of hydrogen-bond donors (Lipinski definition) is 0. The number of ether oxygens (including phenoxy) is 3. The second-order valence-electron chi connectivity index (χ2n) is 7.88. The van der Waals surface area contributed by atoms with Crippen LogP contribution in [0, 0.1) is 58.7 Å². The molecule has 2 unspecified atom stereocenters. The summed E-state index contributed by atoms with van der Waals surface area (Å²) >= 11 is 0. The SMILES string of the molecule is COC(=O)[C@@H]1[C@H](C(=O)OC)[C@H]2[C@H]3C4[C@H]3[C@H]1[C@@H]1[C@H]2C41COC(C)=O. The van der Waals surface area contributed by atoms with Crippen molar-refractivity contribution in [2.45, 2.75) is 6.92 Å². The third-order valence-electron chi connectivity index (χ3n) is 7.68. The highest BCUT2D eigenvalue weighted by molar-refractivity contribution is 5.85. The molecular formula is C17H20O6. The first-order valence-corrected chi connectivity index (χ1v) is 8.29. The zero-order valence-corrected chi connectivity index (χ0v) is 13.4. The van der Waals surface area contributed by atoms with Crippen molar-refractivity contribution in [2.75, 3.05) is 20.8 Å². The molecule has 0 aromatic rings. The van der Waals surface area contributed by atoms with Crippen molar-refractivity contribution in [3.8, 4) is 0 Å². The van der Waals surface area contributed by atoms with E-state index in [-0.39, 0.29) is 47.0 Å². The van der Waals surface area contributed by atoms with Gasteiger partial charge in [0, 0.05) is 12.3 Å². The fraction of sp³-hybridized carbons (Fsp3) is 0.824. The van der Waals surface area contributed by atoms with Crippen LogP contribution in [0.5, 0.6) is 0 Å². The lowest BCUT2D eigenvalue weighted by molar-refractivity contribution is -0.171. The van der Waals surface area contributed by atoms with Gasteiger partial charge >= 0.3 is 17.9 Å². The Hall–Kier alpha value is -1.59. The molecule has 0 aliphatic heterocycles. The van der Waals surface area contributed by atoms with Gasteiger partial charge < -0.3 is 14.2 Å². The first kappa shape index (κ1) is 13.8. The van der Waals surface area contributed by atoms with E-state index in [1.54, 1.807) is 0 Å². The van der Waals surface area contributed by atoms with E-state index in [1.165, 1.54) is 21.1 Å². The zero-order valence-electron chi connectivity index (χ0n) is 13.4. The van der Waals surface area contributed by atoms with Gasteiger partial charge in [-0.05, 0) is 41.4 Å². The van der Waals surface area contributed by atoms with Crippen LogP contribution in [0.1, 0.15) is 6.92 Å². The highest BCUT2D eigenvalue weighted by Crippen LogP contribution is 2.98. The predicted octanol–water partition coefficient (Wildman–Crippen LogP) is 0.496. The Balaban J connectivity index is 1.52. The van der Waals surface area contributed by atoms with E-state index in [9.17, 15) is 14.4 Å². The molecule has 6 aliphatic carbocycles. The van der Waals surface area contributed by atoms with Gasteiger partial charge in [-0.15, -0.1) is 0 Å². The number of carbonyl (C=O) groups is 3. The minimum Gasteiger partial charge on any atom is -0.469 e. The van der Waals surface area contributed by atoms with Crippen LogP contribution >= 0.6 is 0 Å². The lowest BCUT2D eigenvalue weighted by Gasteiger charge is -2.44. The van der Waals surface area contributed by atoms with Gasteiger partial charge in [0.1, 0.15) is 0 Å². The Morgan fingerprint density at radius 3 is 1.70 bits per heavy atom. The third-order valence-corrected chi connectivity index (χ3v) is 7.68. The van der Waals surface area contributed by atoms with Crippen molar-refractivity contribution >= 4 is 17.9 Å². The number of esters is 3. The summed E-state index contributed by atoms with van der Waals surface area (Å²) in [5.41, 5.74) is 0.0331. The van der Waals surface area contributed by atoms with Crippen LogP contribution in [-0.4, -0.2) is 38.7 Å². The van der Waals surface area contributed by atoms with E-state index >= 15 is 0 Å². The second kappa shape index (κ2) is 3.90. The molecule has 6 saturated carbocycles. The van der Waals surface area contributed by atoms with E-state index in [0.717, 1.165) is 0 Å². The molecule has 0 radical (unpaired) electrons. The third kappa shape index (κ3) is 1.25. The first-order chi connectivity index (χ1) is 11.0. The average molecular weight is 320 g/mol. The van der Waals surface area contributed by atoms with Crippen molar-refractivity contribution < 1.29 is 28.6 Å². The highest BCUT2D eigenvalue weighted by atomic mass is 16.5. The molecule has 6 rings (SSSR count). The smallest absolute Gasteiger partial charge is 0.309 e. The lowest BCUT2D eigenvalue weighted by Crippen LogP contribution is -2.51. The molecule has 124 valence electrons. The van der Waals surface area contributed by atoms with Crippen LogP contribution in [0.25, 0.3) is 0 Å². The Labute approximate surface area is 133 Å². The van der Waals surface area contributed by atoms with E-state index in [0.29, 0.717) is 36.2 Å². The van der Waals surface area contributed by atoms with Crippen molar-refractivity contribution in [1.82, 2.24) is 0 Å². The fourth-order valence-corrected chi connectivity index (χ4v) is 7.51. The summed E-state index contributed by atoms with van der Waals surface area (Å²) in [6, 6.07) is 0. The number of hydrogen-bond acceptors (Lipinski definition) is 6. The average Bonchev–Trinajstić information content (AvgIpc) is 3.39. The summed E-state index contributed by atoms with van der Waals surface area (Å²) in [6.07, 6.45) is 0. The fourth-order valence-electron chi connectivity index (χ4n) is 7.51. The normalized spacial score (nSPS) is 55.2. The molecule has 2 bridgehead atoms. The van der Waals surface area contributed by atoms with E-state index in [2.05, 4.69) is 0 Å². The van der Waals surface area contributed by atoms with E-state index in [1.807, 2.05) is 0 Å². The number of carbonyl (C=O) groups excluding carboxylic acids is 3.